The fourth-order valence-electron chi connectivity index (χ4n) is 4.42. The number of hydrogen-bond donors (Lipinski definition) is 3. The average molecular weight is 493 g/mol. The molecule has 0 radical (unpaired) electrons. The minimum Gasteiger partial charge on any atom is -0.497 e. The number of ether oxygens (including phenoxy) is 1. The lowest BCUT2D eigenvalue weighted by Crippen LogP contribution is -2.36. The Morgan fingerprint density at radius 3 is 2.49 bits per heavy atom. The number of benzene rings is 3. The molecule has 2 aliphatic rings. The van der Waals surface area contributed by atoms with E-state index in [1.54, 1.807) is 72.7 Å². The van der Waals surface area contributed by atoms with E-state index in [0.717, 1.165) is 5.56 Å². The van der Waals surface area contributed by atoms with Gasteiger partial charge in [-0.25, -0.2) is 18.0 Å². The van der Waals surface area contributed by atoms with Gasteiger partial charge in [0.1, 0.15) is 5.75 Å². The van der Waals surface area contributed by atoms with Crippen molar-refractivity contribution in [1.82, 2.24) is 10.6 Å². The van der Waals surface area contributed by atoms with Crippen LogP contribution >= 0.6 is 0 Å². The van der Waals surface area contributed by atoms with Crippen molar-refractivity contribution in [3.8, 4) is 5.75 Å². The quantitative estimate of drug-likeness (QED) is 0.505. The SMILES string of the molecule is COc1ccc(NC(=O)N2CCc3cc(S(=O)(=O)C4NC(=O)NC4c4ccccc4)ccc32)cc1. The summed E-state index contributed by atoms with van der Waals surface area (Å²) in [5, 5.41) is 6.96. The van der Waals surface area contributed by atoms with Crippen LogP contribution in [-0.4, -0.2) is 39.5 Å². The highest BCUT2D eigenvalue weighted by Gasteiger charge is 2.43. The van der Waals surface area contributed by atoms with E-state index in [2.05, 4.69) is 16.0 Å². The zero-order chi connectivity index (χ0) is 24.6. The van der Waals surface area contributed by atoms with Gasteiger partial charge in [-0.2, -0.15) is 0 Å². The molecule has 0 bridgehead atoms. The first kappa shape index (κ1) is 22.7. The van der Waals surface area contributed by atoms with Crippen molar-refractivity contribution < 1.29 is 22.7 Å². The number of methoxy groups -OCH3 is 1. The maximum Gasteiger partial charge on any atom is 0.326 e. The molecular weight excluding hydrogens is 468 g/mol. The normalized spacial score (nSPS) is 19.0. The molecule has 3 aromatic rings. The third-order valence-electron chi connectivity index (χ3n) is 6.22. The predicted octanol–water partition coefficient (Wildman–Crippen LogP) is 3.44. The molecular formula is C25H24N4O5S. The summed E-state index contributed by atoms with van der Waals surface area (Å²) in [6.07, 6.45) is 0.520. The Balaban J connectivity index is 1.37. The van der Waals surface area contributed by atoms with Crippen LogP contribution in [0.15, 0.2) is 77.7 Å². The lowest BCUT2D eigenvalue weighted by atomic mass is 10.1. The lowest BCUT2D eigenvalue weighted by molar-refractivity contribution is 0.247. The van der Waals surface area contributed by atoms with E-state index < -0.39 is 27.3 Å². The number of hydrogen-bond acceptors (Lipinski definition) is 5. The minimum atomic E-state index is -3.91. The summed E-state index contributed by atoms with van der Waals surface area (Å²) >= 11 is 0. The second kappa shape index (κ2) is 8.95. The van der Waals surface area contributed by atoms with Gasteiger partial charge in [-0.15, -0.1) is 0 Å². The maximum absolute atomic E-state index is 13.5. The molecule has 1 fully saturated rings. The highest BCUT2D eigenvalue weighted by molar-refractivity contribution is 7.92. The van der Waals surface area contributed by atoms with Gasteiger partial charge in [0.15, 0.2) is 5.37 Å². The van der Waals surface area contributed by atoms with E-state index in [9.17, 15) is 18.0 Å². The zero-order valence-corrected chi connectivity index (χ0v) is 19.7. The molecule has 5 rings (SSSR count). The van der Waals surface area contributed by atoms with E-state index in [1.807, 2.05) is 6.07 Å². The number of amides is 4. The number of anilines is 2. The summed E-state index contributed by atoms with van der Waals surface area (Å²) < 4.78 is 32.2. The van der Waals surface area contributed by atoms with Gasteiger partial charge in [0, 0.05) is 17.9 Å². The Bertz CT molecular complexity index is 1380. The molecule has 3 N–H and O–H groups in total. The molecule has 0 saturated carbocycles. The number of nitrogens with zero attached hydrogens (tertiary/aromatic N) is 1. The fraction of sp³-hybridized carbons (Fsp3) is 0.200. The van der Waals surface area contributed by atoms with Gasteiger partial charge in [-0.3, -0.25) is 4.90 Å². The average Bonchev–Trinajstić information content (AvgIpc) is 3.48. The summed E-state index contributed by atoms with van der Waals surface area (Å²) in [5.41, 5.74) is 2.73. The first-order valence-corrected chi connectivity index (χ1v) is 12.6. The lowest BCUT2D eigenvalue weighted by Gasteiger charge is -2.21. The first-order valence-electron chi connectivity index (χ1n) is 11.1. The molecule has 2 heterocycles. The van der Waals surface area contributed by atoms with Gasteiger partial charge >= 0.3 is 12.1 Å². The summed E-state index contributed by atoms with van der Waals surface area (Å²) in [5.74, 6) is 0.686. The predicted molar refractivity (Wildman–Crippen MR) is 131 cm³/mol. The van der Waals surface area contributed by atoms with Crippen molar-refractivity contribution in [1.29, 1.82) is 0 Å². The Hall–Kier alpha value is -4.05. The number of urea groups is 2. The molecule has 0 spiro atoms. The number of sulfone groups is 1. The molecule has 3 aromatic carbocycles. The van der Waals surface area contributed by atoms with E-state index in [4.69, 9.17) is 4.74 Å². The molecule has 10 heteroatoms. The van der Waals surface area contributed by atoms with Crippen LogP contribution in [-0.2, 0) is 16.3 Å². The Labute approximate surface area is 203 Å². The third-order valence-corrected chi connectivity index (χ3v) is 8.19. The van der Waals surface area contributed by atoms with E-state index in [1.165, 1.54) is 6.07 Å². The summed E-state index contributed by atoms with van der Waals surface area (Å²) in [7, 11) is -2.34. The second-order valence-corrected chi connectivity index (χ2v) is 10.4. The van der Waals surface area contributed by atoms with Crippen LogP contribution in [0.5, 0.6) is 5.75 Å². The van der Waals surface area contributed by atoms with Gasteiger partial charge < -0.3 is 20.7 Å². The molecule has 0 aliphatic carbocycles. The van der Waals surface area contributed by atoms with Crippen LogP contribution < -0.4 is 25.6 Å². The smallest absolute Gasteiger partial charge is 0.326 e. The second-order valence-electron chi connectivity index (χ2n) is 8.32. The number of rotatable bonds is 5. The fourth-order valence-corrected chi connectivity index (χ4v) is 6.13. The number of nitrogens with one attached hydrogen (secondary N) is 3. The third kappa shape index (κ3) is 4.28. The van der Waals surface area contributed by atoms with Crippen molar-refractivity contribution in [3.63, 3.8) is 0 Å². The van der Waals surface area contributed by atoms with Gasteiger partial charge in [-0.05, 0) is 60.0 Å². The topological polar surface area (TPSA) is 117 Å². The number of fused-ring (bicyclic) bond motifs is 1. The minimum absolute atomic E-state index is 0.101. The molecule has 180 valence electrons. The van der Waals surface area contributed by atoms with Gasteiger partial charge in [0.2, 0.25) is 9.84 Å². The van der Waals surface area contributed by atoms with Gasteiger partial charge in [0.25, 0.3) is 0 Å². The van der Waals surface area contributed by atoms with Crippen LogP contribution in [0.4, 0.5) is 21.0 Å². The number of carbonyl (C=O) groups excluding carboxylic acids is 2. The van der Waals surface area contributed by atoms with Crippen LogP contribution in [0, 0.1) is 0 Å². The molecule has 35 heavy (non-hydrogen) atoms. The van der Waals surface area contributed by atoms with Gasteiger partial charge in [-0.1, -0.05) is 30.3 Å². The zero-order valence-electron chi connectivity index (χ0n) is 18.9. The Morgan fingerprint density at radius 1 is 1.03 bits per heavy atom. The molecule has 9 nitrogen and oxygen atoms in total. The van der Waals surface area contributed by atoms with E-state index >= 15 is 0 Å². The molecule has 1 saturated heterocycles. The van der Waals surface area contributed by atoms with Gasteiger partial charge in [0.05, 0.1) is 18.0 Å². The van der Waals surface area contributed by atoms with Crippen LogP contribution in [0.3, 0.4) is 0 Å². The Morgan fingerprint density at radius 2 is 1.77 bits per heavy atom. The van der Waals surface area contributed by atoms with Crippen LogP contribution in [0.25, 0.3) is 0 Å². The van der Waals surface area contributed by atoms with Crippen LogP contribution in [0.1, 0.15) is 17.2 Å². The molecule has 2 unspecified atom stereocenters. The summed E-state index contributed by atoms with van der Waals surface area (Å²) in [6.45, 7) is 0.426. The van der Waals surface area contributed by atoms with E-state index in [-0.39, 0.29) is 10.9 Å². The van der Waals surface area contributed by atoms with Crippen molar-refractivity contribution in [2.75, 3.05) is 23.9 Å². The van der Waals surface area contributed by atoms with Crippen molar-refractivity contribution >= 4 is 33.3 Å². The first-order chi connectivity index (χ1) is 16.9. The standard InChI is InChI=1S/C25H24N4O5S/c1-34-19-9-7-18(8-10-19)26-25(31)29-14-13-17-15-20(11-12-21(17)29)35(32,33)23-22(27-24(30)28-23)16-5-3-2-4-6-16/h2-12,15,22-23H,13-14H2,1H3,(H,26,31)(H2,27,28,30). The monoisotopic (exact) mass is 492 g/mol. The summed E-state index contributed by atoms with van der Waals surface area (Å²) in [4.78, 5) is 26.6. The molecule has 2 aliphatic heterocycles. The highest BCUT2D eigenvalue weighted by Crippen LogP contribution is 2.34. The van der Waals surface area contributed by atoms with Crippen LogP contribution in [0.2, 0.25) is 0 Å². The summed E-state index contributed by atoms with van der Waals surface area (Å²) in [6, 6.07) is 19.2. The largest absolute Gasteiger partial charge is 0.497 e. The Kier molecular flexibility index (Phi) is 5.81. The molecule has 2 atom stereocenters. The highest BCUT2D eigenvalue weighted by atomic mass is 32.2. The maximum atomic E-state index is 13.5. The van der Waals surface area contributed by atoms with Crippen molar-refractivity contribution in [2.24, 2.45) is 0 Å². The van der Waals surface area contributed by atoms with Crippen molar-refractivity contribution in [2.45, 2.75) is 22.7 Å². The molecule has 4 amide bonds. The van der Waals surface area contributed by atoms with Crippen molar-refractivity contribution in [3.05, 3.63) is 83.9 Å². The number of carbonyl (C=O) groups is 2. The van der Waals surface area contributed by atoms with E-state index in [0.29, 0.717) is 35.7 Å². The molecule has 0 aromatic heterocycles.